The van der Waals surface area contributed by atoms with Gasteiger partial charge in [0.25, 0.3) is 0 Å². The number of hydrogen-bond acceptors (Lipinski definition) is 5. The van der Waals surface area contributed by atoms with Gasteiger partial charge in [0, 0.05) is 60.0 Å². The fraction of sp³-hybridized carbons (Fsp3) is 0.375. The lowest BCUT2D eigenvalue weighted by molar-refractivity contribution is -0.108. The van der Waals surface area contributed by atoms with Gasteiger partial charge in [0.15, 0.2) is 0 Å². The Hall–Kier alpha value is -3.91. The van der Waals surface area contributed by atoms with E-state index in [9.17, 15) is 5.26 Å². The molecule has 0 atom stereocenters. The van der Waals surface area contributed by atoms with E-state index < -0.39 is 0 Å². The largest absolute Gasteiger partial charge is 0.275 e. The van der Waals surface area contributed by atoms with Crippen molar-refractivity contribution in [1.29, 1.82) is 10.5 Å². The van der Waals surface area contributed by atoms with Crippen LogP contribution in [0.15, 0.2) is 49.3 Å². The molecule has 0 unspecified atom stereocenters. The van der Waals surface area contributed by atoms with Gasteiger partial charge in [0.1, 0.15) is 0 Å². The number of hydrogen-bond donors (Lipinski definition) is 0. The van der Waals surface area contributed by atoms with E-state index in [1.54, 1.807) is 10.9 Å². The summed E-state index contributed by atoms with van der Waals surface area (Å²) < 4.78 is 5.67. The van der Waals surface area contributed by atoms with Gasteiger partial charge in [-0.3, -0.25) is 9.36 Å². The minimum Gasteiger partial charge on any atom is -0.275 e. The molecule has 0 bridgehead atoms. The molecule has 4 aromatic rings. The molecule has 0 aromatic carbocycles. The first-order valence-corrected chi connectivity index (χ1v) is 10.8. The van der Waals surface area contributed by atoms with Crippen molar-refractivity contribution in [2.75, 3.05) is 0 Å². The summed E-state index contributed by atoms with van der Waals surface area (Å²) in [5.41, 5.74) is 5.06. The lowest BCUT2D eigenvalue weighted by Gasteiger charge is -2.61. The zero-order chi connectivity index (χ0) is 21.9. The van der Waals surface area contributed by atoms with E-state index in [0.29, 0.717) is 6.42 Å². The van der Waals surface area contributed by atoms with Crippen molar-refractivity contribution in [2.45, 2.75) is 37.6 Å². The average Bonchev–Trinajstić information content (AvgIpc) is 3.48. The van der Waals surface area contributed by atoms with Gasteiger partial charge in [-0.05, 0) is 43.2 Å². The first-order chi connectivity index (χ1) is 15.5. The molecule has 8 nitrogen and oxygen atoms in total. The van der Waals surface area contributed by atoms with Crippen molar-refractivity contribution in [2.24, 2.45) is 18.4 Å². The predicted molar refractivity (Wildman–Crippen MR) is 117 cm³/mol. The van der Waals surface area contributed by atoms with Crippen LogP contribution in [0.4, 0.5) is 0 Å². The normalized spacial score (nSPS) is 26.4. The van der Waals surface area contributed by atoms with E-state index in [-0.39, 0.29) is 16.9 Å². The molecule has 0 radical (unpaired) electrons. The van der Waals surface area contributed by atoms with Crippen LogP contribution in [0.5, 0.6) is 0 Å². The Morgan fingerprint density at radius 2 is 1.84 bits per heavy atom. The van der Waals surface area contributed by atoms with Gasteiger partial charge in [0.2, 0.25) is 0 Å². The van der Waals surface area contributed by atoms with Gasteiger partial charge >= 0.3 is 0 Å². The molecule has 4 heterocycles. The van der Waals surface area contributed by atoms with Crippen LogP contribution in [-0.2, 0) is 12.6 Å². The summed E-state index contributed by atoms with van der Waals surface area (Å²) in [5, 5.41) is 32.2. The fourth-order valence-corrected chi connectivity index (χ4v) is 5.93. The molecule has 0 N–H and O–H groups in total. The highest BCUT2D eigenvalue weighted by Crippen LogP contribution is 2.66. The molecule has 1 spiro atoms. The van der Waals surface area contributed by atoms with E-state index in [1.807, 2.05) is 47.1 Å². The second-order valence-corrected chi connectivity index (χ2v) is 9.53. The molecule has 6 rings (SSSR count). The Balaban J connectivity index is 1.37. The smallest absolute Gasteiger partial charge is 0.0767 e. The zero-order valence-electron chi connectivity index (χ0n) is 17.8. The number of nitrogens with zero attached hydrogens (tertiary/aromatic N) is 8. The van der Waals surface area contributed by atoms with E-state index in [0.717, 1.165) is 53.5 Å². The third-order valence-corrected chi connectivity index (χ3v) is 7.28. The molecule has 0 amide bonds. The molecular formula is C24H22N8. The van der Waals surface area contributed by atoms with Crippen molar-refractivity contribution in [1.82, 2.24) is 29.2 Å². The number of aryl methyl sites for hydroxylation is 1. The van der Waals surface area contributed by atoms with Crippen LogP contribution in [0.1, 0.15) is 32.1 Å². The van der Waals surface area contributed by atoms with Crippen molar-refractivity contribution < 1.29 is 0 Å². The van der Waals surface area contributed by atoms with Gasteiger partial charge in [0.05, 0.1) is 42.0 Å². The topological polar surface area (TPSA) is 101 Å². The standard InChI is InChI=1S/C24H22N8/c1-30-12-19(10-28-30)18-6-21(22-2-5-27-31(22)13-18)20-11-29-32(14-20)24(3-4-25)15-23(16-24)7-17(8-23)9-26/h2,5-6,10-14,17H,3,7-8,15-16H2,1H3. The van der Waals surface area contributed by atoms with E-state index in [4.69, 9.17) is 10.4 Å². The molecule has 8 heteroatoms. The quantitative estimate of drug-likeness (QED) is 0.496. The zero-order valence-corrected chi connectivity index (χ0v) is 17.8. The second kappa shape index (κ2) is 6.54. The lowest BCUT2D eigenvalue weighted by Crippen LogP contribution is -2.58. The van der Waals surface area contributed by atoms with Crippen molar-refractivity contribution >= 4 is 5.52 Å². The molecule has 2 aliphatic rings. The van der Waals surface area contributed by atoms with Gasteiger partial charge in [-0.25, -0.2) is 4.52 Å². The third-order valence-electron chi connectivity index (χ3n) is 7.28. The highest BCUT2D eigenvalue weighted by Gasteiger charge is 2.61. The first kappa shape index (κ1) is 18.8. The second-order valence-electron chi connectivity index (χ2n) is 9.53. The maximum Gasteiger partial charge on any atom is 0.0767 e. The lowest BCUT2D eigenvalue weighted by atomic mass is 9.45. The van der Waals surface area contributed by atoms with Crippen LogP contribution >= 0.6 is 0 Å². The van der Waals surface area contributed by atoms with Gasteiger partial charge < -0.3 is 0 Å². The van der Waals surface area contributed by atoms with Crippen molar-refractivity contribution in [3.63, 3.8) is 0 Å². The molecule has 158 valence electrons. The van der Waals surface area contributed by atoms with Crippen LogP contribution in [0.25, 0.3) is 27.8 Å². The summed E-state index contributed by atoms with van der Waals surface area (Å²) in [6.45, 7) is 0. The molecular weight excluding hydrogens is 400 g/mol. The van der Waals surface area contributed by atoms with Gasteiger partial charge in [-0.1, -0.05) is 0 Å². The SMILES string of the molecule is Cn1cc(-c2cc(-c3cnn(C4(CC#N)CC5(CC(C#N)C5)C4)c3)c3ccnn3c2)cn1. The number of rotatable bonds is 4. The molecule has 32 heavy (non-hydrogen) atoms. The monoisotopic (exact) mass is 422 g/mol. The number of fused-ring (bicyclic) bond motifs is 1. The highest BCUT2D eigenvalue weighted by atomic mass is 15.3. The van der Waals surface area contributed by atoms with E-state index in [2.05, 4.69) is 34.6 Å². The number of aromatic nitrogens is 6. The Morgan fingerprint density at radius 3 is 2.56 bits per heavy atom. The molecule has 2 aliphatic carbocycles. The molecule has 4 aromatic heterocycles. The maximum atomic E-state index is 9.53. The number of pyridine rings is 1. The molecule has 2 fully saturated rings. The predicted octanol–water partition coefficient (Wildman–Crippen LogP) is 3.92. The Morgan fingerprint density at radius 1 is 1.03 bits per heavy atom. The highest BCUT2D eigenvalue weighted by molar-refractivity contribution is 5.83. The summed E-state index contributed by atoms with van der Waals surface area (Å²) in [6, 6.07) is 8.91. The van der Waals surface area contributed by atoms with Gasteiger partial charge in [-0.15, -0.1) is 0 Å². The van der Waals surface area contributed by atoms with Crippen LogP contribution in [0.2, 0.25) is 0 Å². The Kier molecular flexibility index (Phi) is 3.85. The summed E-state index contributed by atoms with van der Waals surface area (Å²) >= 11 is 0. The van der Waals surface area contributed by atoms with Crippen LogP contribution in [0, 0.1) is 34.0 Å². The van der Waals surface area contributed by atoms with Crippen LogP contribution in [0.3, 0.4) is 0 Å². The van der Waals surface area contributed by atoms with Crippen molar-refractivity contribution in [3.8, 4) is 34.4 Å². The van der Waals surface area contributed by atoms with Crippen molar-refractivity contribution in [3.05, 3.63) is 49.3 Å². The maximum absolute atomic E-state index is 9.53. The van der Waals surface area contributed by atoms with E-state index in [1.165, 1.54) is 0 Å². The average molecular weight is 422 g/mol. The minimum atomic E-state index is -0.273. The summed E-state index contributed by atoms with van der Waals surface area (Å²) in [5.74, 6) is 0.175. The summed E-state index contributed by atoms with van der Waals surface area (Å²) in [7, 11) is 1.90. The number of nitriles is 2. The molecule has 0 saturated heterocycles. The van der Waals surface area contributed by atoms with E-state index >= 15 is 0 Å². The summed E-state index contributed by atoms with van der Waals surface area (Å²) in [4.78, 5) is 0. The minimum absolute atomic E-state index is 0.175. The van der Waals surface area contributed by atoms with Crippen LogP contribution < -0.4 is 0 Å². The first-order valence-electron chi connectivity index (χ1n) is 10.8. The van der Waals surface area contributed by atoms with Gasteiger partial charge in [-0.2, -0.15) is 25.8 Å². The summed E-state index contributed by atoms with van der Waals surface area (Å²) in [6.07, 6.45) is 15.8. The Labute approximate surface area is 185 Å². The molecule has 2 saturated carbocycles. The Bertz CT molecular complexity index is 1410. The molecule has 0 aliphatic heterocycles. The third kappa shape index (κ3) is 2.69. The fourth-order valence-electron chi connectivity index (χ4n) is 5.93. The van der Waals surface area contributed by atoms with Crippen LogP contribution in [-0.4, -0.2) is 29.2 Å².